The molecule has 0 saturated carbocycles. The van der Waals surface area contributed by atoms with E-state index in [1.54, 1.807) is 48.7 Å². The summed E-state index contributed by atoms with van der Waals surface area (Å²) in [7, 11) is 0. The monoisotopic (exact) mass is 392 g/mol. The Labute approximate surface area is 164 Å². The van der Waals surface area contributed by atoms with Crippen molar-refractivity contribution in [2.24, 2.45) is 0 Å². The first-order chi connectivity index (χ1) is 13.6. The molecule has 0 aliphatic heterocycles. The predicted molar refractivity (Wildman–Crippen MR) is 109 cm³/mol. The molecule has 2 aromatic carbocycles. The predicted octanol–water partition coefficient (Wildman–Crippen LogP) is 4.84. The molecule has 6 nitrogen and oxygen atoms in total. The third kappa shape index (κ3) is 3.65. The molecule has 1 N–H and O–H groups in total. The van der Waals surface area contributed by atoms with Crippen LogP contribution in [0.1, 0.15) is 17.3 Å². The Morgan fingerprint density at radius 3 is 2.75 bits per heavy atom. The van der Waals surface area contributed by atoms with Crippen molar-refractivity contribution in [1.82, 2.24) is 4.98 Å². The van der Waals surface area contributed by atoms with Crippen molar-refractivity contribution in [3.63, 3.8) is 0 Å². The number of hydrogen-bond donors (Lipinski definition) is 1. The molecule has 0 aliphatic carbocycles. The number of nitrogens with one attached hydrogen (secondary N) is 1. The van der Waals surface area contributed by atoms with E-state index in [1.165, 1.54) is 11.3 Å². The quantitative estimate of drug-likeness (QED) is 0.387. The summed E-state index contributed by atoms with van der Waals surface area (Å²) in [5.74, 6) is -0.353. The number of aromatic nitrogens is 1. The lowest BCUT2D eigenvalue weighted by Crippen LogP contribution is -2.04. The fraction of sp³-hybridized carbons (Fsp3) is 0.0952. The maximum Gasteiger partial charge on any atom is 0.345 e. The van der Waals surface area contributed by atoms with E-state index in [9.17, 15) is 9.59 Å². The summed E-state index contributed by atoms with van der Waals surface area (Å²) in [6, 6.07) is 16.1. The number of nitrogens with zero attached hydrogens (tertiary/aromatic N) is 1. The highest BCUT2D eigenvalue weighted by atomic mass is 32.1. The topological polar surface area (TPSA) is 81.4 Å². The van der Waals surface area contributed by atoms with E-state index in [1.807, 2.05) is 18.2 Å². The number of ether oxygens (including phenoxy) is 1. The summed E-state index contributed by atoms with van der Waals surface area (Å²) in [5.41, 5.74) is 2.36. The van der Waals surface area contributed by atoms with Crippen LogP contribution in [0.15, 0.2) is 69.2 Å². The molecule has 4 aromatic rings. The SMILES string of the molecule is CCOC(=O)c1ccc(Nc2nc(-c3cc4ccccc4oc3=O)cs2)cc1. The average molecular weight is 392 g/mol. The van der Waals surface area contributed by atoms with E-state index >= 15 is 0 Å². The molecule has 0 atom stereocenters. The molecule has 0 aliphatic rings. The van der Waals surface area contributed by atoms with Crippen LogP contribution in [0.2, 0.25) is 0 Å². The Balaban J connectivity index is 1.56. The first kappa shape index (κ1) is 17.9. The molecular formula is C21H16N2O4S. The van der Waals surface area contributed by atoms with Crippen molar-refractivity contribution in [3.8, 4) is 11.3 Å². The van der Waals surface area contributed by atoms with E-state index < -0.39 is 5.63 Å². The van der Waals surface area contributed by atoms with Gasteiger partial charge in [0.1, 0.15) is 5.58 Å². The lowest BCUT2D eigenvalue weighted by atomic mass is 10.1. The van der Waals surface area contributed by atoms with Gasteiger partial charge in [0.05, 0.1) is 23.4 Å². The molecule has 0 unspecified atom stereocenters. The Hall–Kier alpha value is -3.45. The van der Waals surface area contributed by atoms with Crippen molar-refractivity contribution in [2.75, 3.05) is 11.9 Å². The summed E-state index contributed by atoms with van der Waals surface area (Å²) in [6.07, 6.45) is 0. The van der Waals surface area contributed by atoms with Crippen LogP contribution >= 0.6 is 11.3 Å². The van der Waals surface area contributed by atoms with Crippen LogP contribution in [0.4, 0.5) is 10.8 Å². The molecule has 2 heterocycles. The molecule has 0 bridgehead atoms. The zero-order chi connectivity index (χ0) is 19.5. The Morgan fingerprint density at radius 2 is 1.96 bits per heavy atom. The molecule has 2 aromatic heterocycles. The minimum Gasteiger partial charge on any atom is -0.462 e. The number of carbonyl (C=O) groups excluding carboxylic acids is 1. The number of rotatable bonds is 5. The number of fused-ring (bicyclic) bond motifs is 1. The molecule has 0 radical (unpaired) electrons. The second kappa shape index (κ2) is 7.66. The number of esters is 1. The summed E-state index contributed by atoms with van der Waals surface area (Å²) in [6.45, 7) is 2.10. The van der Waals surface area contributed by atoms with Crippen LogP contribution in [0.3, 0.4) is 0 Å². The normalized spacial score (nSPS) is 10.8. The van der Waals surface area contributed by atoms with Gasteiger partial charge in [-0.1, -0.05) is 18.2 Å². The van der Waals surface area contributed by atoms with Crippen LogP contribution < -0.4 is 10.9 Å². The van der Waals surface area contributed by atoms with Gasteiger partial charge in [0, 0.05) is 16.5 Å². The fourth-order valence-electron chi connectivity index (χ4n) is 2.72. The molecule has 0 fully saturated rings. The maximum absolute atomic E-state index is 12.3. The van der Waals surface area contributed by atoms with Crippen LogP contribution in [0.25, 0.3) is 22.2 Å². The summed E-state index contributed by atoms with van der Waals surface area (Å²) < 4.78 is 10.3. The Kier molecular flexibility index (Phi) is 4.90. The van der Waals surface area contributed by atoms with E-state index in [4.69, 9.17) is 9.15 Å². The standard InChI is InChI=1S/C21H16N2O4S/c1-2-26-19(24)13-7-9-15(10-8-13)22-21-23-17(12-28-21)16-11-14-5-3-4-6-18(14)27-20(16)25/h3-12H,2H2,1H3,(H,22,23). The number of benzene rings is 2. The first-order valence-electron chi connectivity index (χ1n) is 8.67. The van der Waals surface area contributed by atoms with Gasteiger partial charge in [-0.2, -0.15) is 0 Å². The smallest absolute Gasteiger partial charge is 0.345 e. The van der Waals surface area contributed by atoms with Crippen molar-refractivity contribution in [2.45, 2.75) is 6.92 Å². The van der Waals surface area contributed by atoms with Crippen molar-refractivity contribution >= 4 is 39.1 Å². The third-order valence-electron chi connectivity index (χ3n) is 4.07. The number of carbonyl (C=O) groups is 1. The number of anilines is 2. The second-order valence-electron chi connectivity index (χ2n) is 5.95. The van der Waals surface area contributed by atoms with Gasteiger partial charge in [-0.25, -0.2) is 14.6 Å². The third-order valence-corrected chi connectivity index (χ3v) is 4.83. The summed E-state index contributed by atoms with van der Waals surface area (Å²) in [5, 5.41) is 6.45. The van der Waals surface area contributed by atoms with E-state index in [0.29, 0.717) is 34.1 Å². The molecule has 4 rings (SSSR count). The van der Waals surface area contributed by atoms with E-state index in [2.05, 4.69) is 10.3 Å². The number of para-hydroxylation sites is 1. The van der Waals surface area contributed by atoms with Gasteiger partial charge >= 0.3 is 11.6 Å². The fourth-order valence-corrected chi connectivity index (χ4v) is 3.45. The zero-order valence-electron chi connectivity index (χ0n) is 15.0. The first-order valence-corrected chi connectivity index (χ1v) is 9.55. The Bertz CT molecular complexity index is 1190. The van der Waals surface area contributed by atoms with Crippen LogP contribution in [0.5, 0.6) is 0 Å². The second-order valence-corrected chi connectivity index (χ2v) is 6.80. The summed E-state index contributed by atoms with van der Waals surface area (Å²) in [4.78, 5) is 28.5. The molecule has 0 spiro atoms. The van der Waals surface area contributed by atoms with Crippen LogP contribution in [-0.4, -0.2) is 17.6 Å². The highest BCUT2D eigenvalue weighted by molar-refractivity contribution is 7.14. The van der Waals surface area contributed by atoms with Crippen LogP contribution in [0, 0.1) is 0 Å². The molecule has 28 heavy (non-hydrogen) atoms. The highest BCUT2D eigenvalue weighted by Gasteiger charge is 2.12. The number of hydrogen-bond acceptors (Lipinski definition) is 7. The van der Waals surface area contributed by atoms with Crippen molar-refractivity contribution < 1.29 is 13.9 Å². The molecular weight excluding hydrogens is 376 g/mol. The maximum atomic E-state index is 12.3. The molecule has 0 amide bonds. The van der Waals surface area contributed by atoms with Crippen molar-refractivity contribution in [3.05, 3.63) is 76.0 Å². The Morgan fingerprint density at radius 1 is 1.18 bits per heavy atom. The highest BCUT2D eigenvalue weighted by Crippen LogP contribution is 2.27. The average Bonchev–Trinajstić information content (AvgIpc) is 3.16. The molecule has 0 saturated heterocycles. The lowest BCUT2D eigenvalue weighted by Gasteiger charge is -2.05. The van der Waals surface area contributed by atoms with E-state index in [-0.39, 0.29) is 5.97 Å². The van der Waals surface area contributed by atoms with Gasteiger partial charge in [-0.15, -0.1) is 11.3 Å². The number of thiazole rings is 1. The summed E-state index contributed by atoms with van der Waals surface area (Å²) >= 11 is 1.38. The minimum absolute atomic E-state index is 0.337. The molecule has 7 heteroatoms. The van der Waals surface area contributed by atoms with Gasteiger partial charge in [-0.05, 0) is 43.3 Å². The van der Waals surface area contributed by atoms with E-state index in [0.717, 1.165) is 11.1 Å². The lowest BCUT2D eigenvalue weighted by molar-refractivity contribution is 0.0526. The minimum atomic E-state index is -0.422. The van der Waals surface area contributed by atoms with Gasteiger partial charge in [0.2, 0.25) is 0 Å². The largest absolute Gasteiger partial charge is 0.462 e. The molecule has 140 valence electrons. The van der Waals surface area contributed by atoms with Gasteiger partial charge in [0.15, 0.2) is 5.13 Å². The van der Waals surface area contributed by atoms with Crippen molar-refractivity contribution in [1.29, 1.82) is 0 Å². The van der Waals surface area contributed by atoms with Gasteiger partial charge in [-0.3, -0.25) is 0 Å². The zero-order valence-corrected chi connectivity index (χ0v) is 15.8. The van der Waals surface area contributed by atoms with Crippen LogP contribution in [-0.2, 0) is 4.74 Å². The van der Waals surface area contributed by atoms with Gasteiger partial charge < -0.3 is 14.5 Å². The van der Waals surface area contributed by atoms with Gasteiger partial charge in [0.25, 0.3) is 0 Å².